The zero-order chi connectivity index (χ0) is 10.3. The van der Waals surface area contributed by atoms with Crippen LogP contribution in [0.5, 0.6) is 11.5 Å². The molecule has 76 valence electrons. The lowest BCUT2D eigenvalue weighted by Crippen LogP contribution is -2.19. The van der Waals surface area contributed by atoms with Crippen molar-refractivity contribution in [1.29, 1.82) is 0 Å². The molecule has 0 aliphatic heterocycles. The number of benzene rings is 1. The molecular formula is C11H15NO2. The second-order valence-electron chi connectivity index (χ2n) is 3.97. The molecule has 0 radical (unpaired) electrons. The highest BCUT2D eigenvalue weighted by Crippen LogP contribution is 2.49. The van der Waals surface area contributed by atoms with E-state index in [4.69, 9.17) is 10.5 Å². The minimum atomic E-state index is -0.314. The fourth-order valence-electron chi connectivity index (χ4n) is 1.74. The van der Waals surface area contributed by atoms with Crippen molar-refractivity contribution in [3.63, 3.8) is 0 Å². The van der Waals surface area contributed by atoms with Gasteiger partial charge in [-0.05, 0) is 25.3 Å². The van der Waals surface area contributed by atoms with E-state index in [1.807, 2.05) is 19.1 Å². The molecule has 1 saturated carbocycles. The van der Waals surface area contributed by atoms with Crippen LogP contribution >= 0.6 is 0 Å². The first-order valence-corrected chi connectivity index (χ1v) is 4.74. The van der Waals surface area contributed by atoms with E-state index in [2.05, 4.69) is 0 Å². The second kappa shape index (κ2) is 2.89. The fourth-order valence-corrected chi connectivity index (χ4v) is 1.74. The van der Waals surface area contributed by atoms with Crippen molar-refractivity contribution in [2.45, 2.75) is 25.3 Å². The van der Waals surface area contributed by atoms with Crippen LogP contribution in [-0.2, 0) is 5.54 Å². The van der Waals surface area contributed by atoms with Gasteiger partial charge in [0.25, 0.3) is 0 Å². The molecule has 0 bridgehead atoms. The molecule has 1 aliphatic carbocycles. The summed E-state index contributed by atoms with van der Waals surface area (Å²) in [5.41, 5.74) is 7.45. The third kappa shape index (κ3) is 1.24. The van der Waals surface area contributed by atoms with Gasteiger partial charge in [0.2, 0.25) is 0 Å². The van der Waals surface area contributed by atoms with E-state index < -0.39 is 0 Å². The number of nitrogens with two attached hydrogens (primary N) is 1. The molecular weight excluding hydrogens is 178 g/mol. The Bertz CT molecular complexity index is 370. The summed E-state index contributed by atoms with van der Waals surface area (Å²) in [6.45, 7) is 1.90. The molecule has 3 N–H and O–H groups in total. The maximum absolute atomic E-state index is 9.94. The molecule has 3 heteroatoms. The lowest BCUT2D eigenvalue weighted by Gasteiger charge is -2.15. The monoisotopic (exact) mass is 193 g/mol. The minimum absolute atomic E-state index is 0.201. The first-order chi connectivity index (χ1) is 6.58. The van der Waals surface area contributed by atoms with Crippen LogP contribution in [0.1, 0.15) is 24.0 Å². The SMILES string of the molecule is COc1c(C)ccc(C2(N)CC2)c1O. The molecule has 2 rings (SSSR count). The van der Waals surface area contributed by atoms with E-state index in [-0.39, 0.29) is 11.3 Å². The smallest absolute Gasteiger partial charge is 0.163 e. The minimum Gasteiger partial charge on any atom is -0.504 e. The quantitative estimate of drug-likeness (QED) is 0.751. The number of aryl methyl sites for hydroxylation is 1. The van der Waals surface area contributed by atoms with Crippen molar-refractivity contribution in [3.05, 3.63) is 23.3 Å². The van der Waals surface area contributed by atoms with Gasteiger partial charge in [-0.1, -0.05) is 12.1 Å². The van der Waals surface area contributed by atoms with Crippen LogP contribution in [0.4, 0.5) is 0 Å². The fraction of sp³-hybridized carbons (Fsp3) is 0.455. The zero-order valence-electron chi connectivity index (χ0n) is 8.50. The van der Waals surface area contributed by atoms with Gasteiger partial charge in [0.05, 0.1) is 7.11 Å². The predicted molar refractivity (Wildman–Crippen MR) is 54.5 cm³/mol. The molecule has 1 aromatic rings. The topological polar surface area (TPSA) is 55.5 Å². The largest absolute Gasteiger partial charge is 0.504 e. The van der Waals surface area contributed by atoms with Gasteiger partial charge in [0.15, 0.2) is 11.5 Å². The van der Waals surface area contributed by atoms with Crippen molar-refractivity contribution in [1.82, 2.24) is 0 Å². The Balaban J connectivity index is 2.53. The molecule has 1 aromatic carbocycles. The predicted octanol–water partition coefficient (Wildman–Crippen LogP) is 1.66. The van der Waals surface area contributed by atoms with Gasteiger partial charge < -0.3 is 15.6 Å². The van der Waals surface area contributed by atoms with Crippen molar-refractivity contribution >= 4 is 0 Å². The van der Waals surface area contributed by atoms with Gasteiger partial charge >= 0.3 is 0 Å². The number of hydrogen-bond donors (Lipinski definition) is 2. The molecule has 0 atom stereocenters. The van der Waals surface area contributed by atoms with Crippen molar-refractivity contribution in [2.75, 3.05) is 7.11 Å². The maximum Gasteiger partial charge on any atom is 0.163 e. The van der Waals surface area contributed by atoms with Gasteiger partial charge in [0.1, 0.15) is 0 Å². The van der Waals surface area contributed by atoms with Gasteiger partial charge in [-0.3, -0.25) is 0 Å². The third-order valence-corrected chi connectivity index (χ3v) is 2.86. The average molecular weight is 193 g/mol. The van der Waals surface area contributed by atoms with Gasteiger partial charge in [-0.2, -0.15) is 0 Å². The van der Waals surface area contributed by atoms with Crippen molar-refractivity contribution in [2.24, 2.45) is 5.73 Å². The molecule has 0 heterocycles. The summed E-state index contributed by atoms with van der Waals surface area (Å²) in [5, 5.41) is 9.94. The van der Waals surface area contributed by atoms with E-state index in [0.717, 1.165) is 24.0 Å². The maximum atomic E-state index is 9.94. The number of phenols is 1. The van der Waals surface area contributed by atoms with E-state index in [1.54, 1.807) is 7.11 Å². The summed E-state index contributed by atoms with van der Waals surface area (Å²) < 4.78 is 5.13. The summed E-state index contributed by atoms with van der Waals surface area (Å²) in [5.74, 6) is 0.742. The van der Waals surface area contributed by atoms with E-state index in [9.17, 15) is 5.11 Å². The summed E-state index contributed by atoms with van der Waals surface area (Å²) in [6.07, 6.45) is 1.87. The summed E-state index contributed by atoms with van der Waals surface area (Å²) in [7, 11) is 1.56. The lowest BCUT2D eigenvalue weighted by molar-refractivity contribution is 0.365. The summed E-state index contributed by atoms with van der Waals surface area (Å²) in [6, 6.07) is 3.82. The number of methoxy groups -OCH3 is 1. The number of phenolic OH excluding ortho intramolecular Hbond substituents is 1. The van der Waals surface area contributed by atoms with E-state index in [1.165, 1.54) is 0 Å². The number of aromatic hydroxyl groups is 1. The van der Waals surface area contributed by atoms with Crippen molar-refractivity contribution < 1.29 is 9.84 Å². The van der Waals surface area contributed by atoms with Crippen LogP contribution in [0.3, 0.4) is 0 Å². The lowest BCUT2D eigenvalue weighted by atomic mass is 10.0. The Morgan fingerprint density at radius 2 is 2.07 bits per heavy atom. The van der Waals surface area contributed by atoms with Crippen LogP contribution in [0.15, 0.2) is 12.1 Å². The Hall–Kier alpha value is -1.22. The molecule has 14 heavy (non-hydrogen) atoms. The molecule has 0 saturated heterocycles. The Kier molecular flexibility index (Phi) is 1.93. The normalized spacial score (nSPS) is 17.9. The molecule has 0 aromatic heterocycles. The molecule has 1 aliphatic rings. The van der Waals surface area contributed by atoms with E-state index in [0.29, 0.717) is 5.75 Å². The molecule has 0 amide bonds. The summed E-state index contributed by atoms with van der Waals surface area (Å²) in [4.78, 5) is 0. The first-order valence-electron chi connectivity index (χ1n) is 4.74. The van der Waals surface area contributed by atoms with E-state index >= 15 is 0 Å². The third-order valence-electron chi connectivity index (χ3n) is 2.86. The van der Waals surface area contributed by atoms with Crippen LogP contribution in [-0.4, -0.2) is 12.2 Å². The summed E-state index contributed by atoms with van der Waals surface area (Å²) >= 11 is 0. The number of ether oxygens (including phenoxy) is 1. The van der Waals surface area contributed by atoms with Crippen LogP contribution in [0.25, 0.3) is 0 Å². The van der Waals surface area contributed by atoms with Crippen LogP contribution < -0.4 is 10.5 Å². The zero-order valence-corrected chi connectivity index (χ0v) is 8.50. The highest BCUT2D eigenvalue weighted by Gasteiger charge is 2.42. The Morgan fingerprint density at radius 3 is 2.57 bits per heavy atom. The van der Waals surface area contributed by atoms with Crippen molar-refractivity contribution in [3.8, 4) is 11.5 Å². The molecule has 0 spiro atoms. The molecule has 3 nitrogen and oxygen atoms in total. The highest BCUT2D eigenvalue weighted by molar-refractivity contribution is 5.54. The Morgan fingerprint density at radius 1 is 1.43 bits per heavy atom. The average Bonchev–Trinajstić information content (AvgIpc) is 2.85. The van der Waals surface area contributed by atoms with Gasteiger partial charge in [-0.15, -0.1) is 0 Å². The Labute approximate surface area is 83.5 Å². The first kappa shape index (κ1) is 9.34. The van der Waals surface area contributed by atoms with Crippen LogP contribution in [0, 0.1) is 6.92 Å². The van der Waals surface area contributed by atoms with Gasteiger partial charge in [-0.25, -0.2) is 0 Å². The number of hydrogen-bond acceptors (Lipinski definition) is 3. The standard InChI is InChI=1S/C11H15NO2/c1-7-3-4-8(11(12)5-6-11)9(13)10(7)14-2/h3-4,13H,5-6,12H2,1-2H3. The molecule has 1 fully saturated rings. The second-order valence-corrected chi connectivity index (χ2v) is 3.97. The van der Waals surface area contributed by atoms with Gasteiger partial charge in [0, 0.05) is 11.1 Å². The van der Waals surface area contributed by atoms with Crippen LogP contribution in [0.2, 0.25) is 0 Å². The number of rotatable bonds is 2. The molecule has 0 unspecified atom stereocenters. The highest BCUT2D eigenvalue weighted by atomic mass is 16.5.